The largest absolute Gasteiger partial charge is 0.367 e. The topological polar surface area (TPSA) is 104 Å². The summed E-state index contributed by atoms with van der Waals surface area (Å²) < 4.78 is 0. The fourth-order valence-electron chi connectivity index (χ4n) is 3.38. The number of anilines is 3. The van der Waals surface area contributed by atoms with Crippen LogP contribution in [0, 0.1) is 23.7 Å². The van der Waals surface area contributed by atoms with E-state index < -0.39 is 0 Å². The molecule has 0 saturated carbocycles. The van der Waals surface area contributed by atoms with Crippen LogP contribution in [-0.2, 0) is 0 Å². The summed E-state index contributed by atoms with van der Waals surface area (Å²) in [5.41, 5.74) is 2.23. The minimum atomic E-state index is 0.155. The van der Waals surface area contributed by atoms with Crippen molar-refractivity contribution >= 4 is 23.4 Å². The van der Waals surface area contributed by atoms with Crippen LogP contribution in [0.1, 0.15) is 31.0 Å². The van der Waals surface area contributed by atoms with E-state index >= 15 is 0 Å². The Balaban J connectivity index is 1.64. The molecular formula is C21H28N8. The van der Waals surface area contributed by atoms with Crippen molar-refractivity contribution in [1.29, 1.82) is 10.7 Å². The summed E-state index contributed by atoms with van der Waals surface area (Å²) in [5, 5.41) is 23.8. The van der Waals surface area contributed by atoms with Crippen molar-refractivity contribution in [2.45, 2.75) is 32.7 Å². The maximum atomic E-state index is 8.92. The van der Waals surface area contributed by atoms with Crippen molar-refractivity contribution in [2.75, 3.05) is 42.2 Å². The van der Waals surface area contributed by atoms with Gasteiger partial charge in [-0.1, -0.05) is 6.92 Å². The fourth-order valence-corrected chi connectivity index (χ4v) is 3.38. The molecule has 8 nitrogen and oxygen atoms in total. The number of nitrogens with one attached hydrogen (secondary N) is 3. The monoisotopic (exact) mass is 392 g/mol. The molecule has 0 unspecified atom stereocenters. The second-order valence-corrected chi connectivity index (χ2v) is 7.26. The highest BCUT2D eigenvalue weighted by Crippen LogP contribution is 2.18. The zero-order valence-corrected chi connectivity index (χ0v) is 17.2. The average molecular weight is 393 g/mol. The van der Waals surface area contributed by atoms with E-state index in [4.69, 9.17) is 10.7 Å². The lowest BCUT2D eigenvalue weighted by Crippen LogP contribution is -2.39. The van der Waals surface area contributed by atoms with Crippen LogP contribution in [0.15, 0.2) is 30.3 Å². The summed E-state index contributed by atoms with van der Waals surface area (Å²) in [5.74, 6) is 1.33. The van der Waals surface area contributed by atoms with E-state index in [0.29, 0.717) is 17.6 Å². The normalized spacial score (nSPS) is 14.8. The zero-order chi connectivity index (χ0) is 20.8. The van der Waals surface area contributed by atoms with Crippen LogP contribution >= 0.6 is 0 Å². The number of nitriles is 1. The summed E-state index contributed by atoms with van der Waals surface area (Å²) in [6.45, 7) is 7.42. The Morgan fingerprint density at radius 3 is 2.59 bits per heavy atom. The number of aryl methyl sites for hydroxylation is 1. The van der Waals surface area contributed by atoms with Gasteiger partial charge in [0.15, 0.2) is 0 Å². The second kappa shape index (κ2) is 9.34. The van der Waals surface area contributed by atoms with E-state index in [-0.39, 0.29) is 5.96 Å². The molecule has 0 amide bonds. The van der Waals surface area contributed by atoms with Crippen LogP contribution in [0.4, 0.5) is 17.5 Å². The third kappa shape index (κ3) is 5.42. The summed E-state index contributed by atoms with van der Waals surface area (Å²) in [6.07, 6.45) is 2.19. The molecule has 152 valence electrons. The van der Waals surface area contributed by atoms with Crippen molar-refractivity contribution < 1.29 is 0 Å². The van der Waals surface area contributed by atoms with E-state index in [9.17, 15) is 0 Å². The van der Waals surface area contributed by atoms with Crippen molar-refractivity contribution in [3.05, 3.63) is 41.6 Å². The number of hydrogen-bond donors (Lipinski definition) is 3. The van der Waals surface area contributed by atoms with Gasteiger partial charge >= 0.3 is 0 Å². The Labute approximate surface area is 172 Å². The highest BCUT2D eigenvalue weighted by atomic mass is 15.3. The zero-order valence-electron chi connectivity index (χ0n) is 17.2. The Morgan fingerprint density at radius 1 is 1.28 bits per heavy atom. The highest BCUT2D eigenvalue weighted by molar-refractivity contribution is 6.02. The fraction of sp³-hybridized carbons (Fsp3) is 0.429. The number of nitrogens with zero attached hydrogens (tertiary/aromatic N) is 5. The minimum Gasteiger partial charge on any atom is -0.367 e. The average Bonchev–Trinajstić information content (AvgIpc) is 2.73. The number of benzene rings is 1. The molecule has 0 spiro atoms. The van der Waals surface area contributed by atoms with Gasteiger partial charge in [-0.3, -0.25) is 10.7 Å². The second-order valence-electron chi connectivity index (χ2n) is 7.26. The highest BCUT2D eigenvalue weighted by Gasteiger charge is 2.19. The molecule has 2 heterocycles. The van der Waals surface area contributed by atoms with Crippen LogP contribution in [0.5, 0.6) is 0 Å². The van der Waals surface area contributed by atoms with Crippen LogP contribution < -0.4 is 15.5 Å². The molecular weight excluding hydrogens is 364 g/mol. The Kier molecular flexibility index (Phi) is 6.62. The maximum absolute atomic E-state index is 8.92. The lowest BCUT2D eigenvalue weighted by Gasteiger charge is -2.31. The first-order valence-corrected chi connectivity index (χ1v) is 9.92. The van der Waals surface area contributed by atoms with Crippen LogP contribution in [-0.4, -0.2) is 53.6 Å². The predicted molar refractivity (Wildman–Crippen MR) is 116 cm³/mol. The third-order valence-electron chi connectivity index (χ3n) is 5.19. The molecule has 1 aromatic heterocycles. The number of aromatic nitrogens is 2. The molecule has 3 rings (SSSR count). The molecule has 0 radical (unpaired) electrons. The summed E-state index contributed by atoms with van der Waals surface area (Å²) >= 11 is 0. The first-order valence-electron chi connectivity index (χ1n) is 9.92. The standard InChI is InChI=1S/C21H28N8/c1-4-29-11-9-17(10-12-29)25-19-13-15(2)24-21(26-19)27-20(23)28(3)18-7-5-16(14-22)6-8-18/h5-8,13,17H,4,9-12H2,1-3H3,(H3,23,24,25,26,27). The van der Waals surface area contributed by atoms with Gasteiger partial charge in [-0.15, -0.1) is 0 Å². The first kappa shape index (κ1) is 20.6. The summed E-state index contributed by atoms with van der Waals surface area (Å²) in [6, 6.07) is 11.5. The Morgan fingerprint density at radius 2 is 1.97 bits per heavy atom. The molecule has 3 N–H and O–H groups in total. The molecule has 29 heavy (non-hydrogen) atoms. The van der Waals surface area contributed by atoms with Gasteiger partial charge in [-0.2, -0.15) is 10.2 Å². The lowest BCUT2D eigenvalue weighted by molar-refractivity contribution is 0.229. The Hall–Kier alpha value is -3.18. The van der Waals surface area contributed by atoms with Gasteiger partial charge in [0.05, 0.1) is 11.6 Å². The number of rotatable bonds is 5. The van der Waals surface area contributed by atoms with Gasteiger partial charge in [0.2, 0.25) is 11.9 Å². The third-order valence-corrected chi connectivity index (χ3v) is 5.19. The van der Waals surface area contributed by atoms with Gasteiger partial charge in [0.25, 0.3) is 0 Å². The molecule has 1 aliphatic rings. The minimum absolute atomic E-state index is 0.155. The van der Waals surface area contributed by atoms with Gasteiger partial charge in [-0.05, 0) is 50.6 Å². The van der Waals surface area contributed by atoms with E-state index in [1.165, 1.54) is 0 Å². The van der Waals surface area contributed by atoms with Crippen molar-refractivity contribution in [3.63, 3.8) is 0 Å². The quantitative estimate of drug-likeness (QED) is 0.531. The SMILES string of the molecule is CCN1CCC(Nc2cc(C)nc(NC(=N)N(C)c3ccc(C#N)cc3)n2)CC1. The van der Waals surface area contributed by atoms with Gasteiger partial charge in [-0.25, -0.2) is 4.98 Å². The van der Waals surface area contributed by atoms with Crippen LogP contribution in [0.3, 0.4) is 0 Å². The van der Waals surface area contributed by atoms with Crippen molar-refractivity contribution in [2.24, 2.45) is 0 Å². The van der Waals surface area contributed by atoms with Gasteiger partial charge in [0.1, 0.15) is 5.82 Å². The van der Waals surface area contributed by atoms with Crippen molar-refractivity contribution in [3.8, 4) is 6.07 Å². The van der Waals surface area contributed by atoms with Crippen LogP contribution in [0.25, 0.3) is 0 Å². The Bertz CT molecular complexity index is 879. The molecule has 0 atom stereocenters. The molecule has 2 aromatic rings. The van der Waals surface area contributed by atoms with E-state index in [1.807, 2.05) is 25.1 Å². The number of likely N-dealkylation sites (tertiary alicyclic amines) is 1. The molecule has 0 bridgehead atoms. The van der Waals surface area contributed by atoms with Crippen molar-refractivity contribution in [1.82, 2.24) is 14.9 Å². The van der Waals surface area contributed by atoms with Gasteiger partial charge in [0, 0.05) is 43.6 Å². The molecule has 8 heteroatoms. The molecule has 0 aliphatic carbocycles. The number of hydrogen-bond acceptors (Lipinski definition) is 6. The summed E-state index contributed by atoms with van der Waals surface area (Å²) in [7, 11) is 1.78. The number of piperidine rings is 1. The van der Waals surface area contributed by atoms with E-state index in [2.05, 4.69) is 38.5 Å². The lowest BCUT2D eigenvalue weighted by atomic mass is 10.1. The maximum Gasteiger partial charge on any atom is 0.231 e. The van der Waals surface area contributed by atoms with E-state index in [0.717, 1.165) is 49.7 Å². The first-order chi connectivity index (χ1) is 14.0. The predicted octanol–water partition coefficient (Wildman–Crippen LogP) is 3.04. The smallest absolute Gasteiger partial charge is 0.231 e. The molecule has 1 aromatic carbocycles. The molecule has 1 aliphatic heterocycles. The number of guanidine groups is 1. The van der Waals surface area contributed by atoms with E-state index in [1.54, 1.807) is 24.1 Å². The molecule has 1 saturated heterocycles. The summed E-state index contributed by atoms with van der Waals surface area (Å²) in [4.78, 5) is 13.1. The van der Waals surface area contributed by atoms with Crippen LogP contribution in [0.2, 0.25) is 0 Å². The van der Waals surface area contributed by atoms with Gasteiger partial charge < -0.3 is 15.1 Å². The molecule has 1 fully saturated rings.